The van der Waals surface area contributed by atoms with Gasteiger partial charge in [-0.15, -0.1) is 11.8 Å². The third-order valence-electron chi connectivity index (χ3n) is 6.22. The third kappa shape index (κ3) is 4.60. The number of carbonyl (C=O) groups is 2. The number of amides is 1. The predicted molar refractivity (Wildman–Crippen MR) is 134 cm³/mol. The van der Waals surface area contributed by atoms with Crippen LogP contribution in [0.4, 0.5) is 13.2 Å². The van der Waals surface area contributed by atoms with Crippen molar-refractivity contribution in [3.63, 3.8) is 0 Å². The quantitative estimate of drug-likeness (QED) is 0.368. The number of thioether (sulfide) groups is 1. The van der Waals surface area contributed by atoms with Crippen molar-refractivity contribution in [2.45, 2.75) is 23.8 Å². The Hall–Kier alpha value is -4.05. The van der Waals surface area contributed by atoms with Gasteiger partial charge in [0, 0.05) is 29.5 Å². The van der Waals surface area contributed by atoms with E-state index in [0.717, 1.165) is 39.2 Å². The lowest BCUT2D eigenvalue weighted by Crippen LogP contribution is -2.30. The van der Waals surface area contributed by atoms with Crippen LogP contribution in [0.2, 0.25) is 0 Å². The minimum atomic E-state index is -4.59. The van der Waals surface area contributed by atoms with E-state index in [1.807, 2.05) is 30.3 Å². The Balaban J connectivity index is 1.59. The summed E-state index contributed by atoms with van der Waals surface area (Å²) < 4.78 is 41.5. The third-order valence-corrected chi connectivity index (χ3v) is 7.37. The summed E-state index contributed by atoms with van der Waals surface area (Å²) in [7, 11) is 0. The van der Waals surface area contributed by atoms with E-state index in [2.05, 4.69) is 5.32 Å². The van der Waals surface area contributed by atoms with E-state index in [9.17, 15) is 32.7 Å². The van der Waals surface area contributed by atoms with Gasteiger partial charge in [-0.25, -0.2) is 4.79 Å². The predicted octanol–water partition coefficient (Wildman–Crippen LogP) is 5.35. The minimum Gasteiger partial charge on any atom is -0.480 e. The Kier molecular flexibility index (Phi) is 6.28. The molecule has 1 aliphatic rings. The average molecular weight is 525 g/mol. The molecule has 0 bridgehead atoms. The van der Waals surface area contributed by atoms with Crippen LogP contribution in [-0.2, 0) is 17.5 Å². The summed E-state index contributed by atoms with van der Waals surface area (Å²) in [4.78, 5) is 37.8. The number of benzene rings is 3. The lowest BCUT2D eigenvalue weighted by atomic mass is 9.99. The standard InChI is InChI=1S/C27H19F3N2O4S/c28-27(29,30)18-8-3-7-16(11-18)23-17(12-22(33)32-21(26(35)36)14-37-25(23)32)13-31-24(34)20-10-4-6-15-5-1-2-9-19(15)20/h1-12,21H,13-14H2,(H,31,34)(H,35,36)/t21-/m0/s1. The van der Waals surface area contributed by atoms with Crippen LogP contribution in [0.15, 0.2) is 82.6 Å². The zero-order valence-corrected chi connectivity index (χ0v) is 19.9. The molecule has 1 amide bonds. The summed E-state index contributed by atoms with van der Waals surface area (Å²) in [5.41, 5.74) is -0.306. The van der Waals surface area contributed by atoms with E-state index in [-0.39, 0.29) is 28.5 Å². The van der Waals surface area contributed by atoms with E-state index >= 15 is 0 Å². The SMILES string of the molecule is O=C(NCc1cc(=O)n2c(c1-c1cccc(C(F)(F)F)c1)SC[C@H]2C(=O)O)c1cccc2ccccc12. The molecule has 10 heteroatoms. The Bertz CT molecular complexity index is 1610. The number of nitrogens with one attached hydrogen (secondary N) is 1. The second-order valence-corrected chi connectivity index (χ2v) is 9.52. The zero-order valence-electron chi connectivity index (χ0n) is 19.1. The van der Waals surface area contributed by atoms with Crippen LogP contribution in [0.3, 0.4) is 0 Å². The van der Waals surface area contributed by atoms with Gasteiger partial charge in [0.05, 0.1) is 10.6 Å². The molecule has 1 aliphatic heterocycles. The van der Waals surface area contributed by atoms with Crippen LogP contribution in [0.25, 0.3) is 21.9 Å². The first-order valence-corrected chi connectivity index (χ1v) is 12.2. The Morgan fingerprint density at radius 2 is 1.76 bits per heavy atom. The van der Waals surface area contributed by atoms with Crippen LogP contribution < -0.4 is 10.9 Å². The number of rotatable bonds is 5. The number of carboxylic acids is 1. The first-order valence-electron chi connectivity index (χ1n) is 11.2. The molecule has 0 saturated heterocycles. The molecule has 3 aromatic carbocycles. The maximum absolute atomic E-state index is 13.5. The first-order chi connectivity index (χ1) is 17.6. The number of aromatic nitrogens is 1. The number of carboxylic acid groups (broad SMARTS) is 1. The number of hydrogen-bond acceptors (Lipinski definition) is 4. The molecule has 0 saturated carbocycles. The molecular formula is C27H19F3N2O4S. The Morgan fingerprint density at radius 1 is 1.03 bits per heavy atom. The van der Waals surface area contributed by atoms with Crippen molar-refractivity contribution in [3.05, 3.63) is 99.8 Å². The highest BCUT2D eigenvalue weighted by Crippen LogP contribution is 2.42. The monoisotopic (exact) mass is 524 g/mol. The van der Waals surface area contributed by atoms with E-state index in [4.69, 9.17) is 0 Å². The summed E-state index contributed by atoms with van der Waals surface area (Å²) in [6, 6.07) is 17.3. The van der Waals surface area contributed by atoms with Crippen LogP contribution >= 0.6 is 11.8 Å². The van der Waals surface area contributed by atoms with Gasteiger partial charge in [-0.3, -0.25) is 14.2 Å². The maximum atomic E-state index is 13.5. The van der Waals surface area contributed by atoms with Crippen LogP contribution in [0.5, 0.6) is 0 Å². The summed E-state index contributed by atoms with van der Waals surface area (Å²) in [6.45, 7) is -0.144. The van der Waals surface area contributed by atoms with Gasteiger partial charge in [0.1, 0.15) is 6.04 Å². The molecule has 0 spiro atoms. The zero-order chi connectivity index (χ0) is 26.3. The van der Waals surface area contributed by atoms with E-state index in [1.165, 1.54) is 18.2 Å². The number of nitrogens with zero attached hydrogens (tertiary/aromatic N) is 1. The number of fused-ring (bicyclic) bond motifs is 2. The molecule has 6 nitrogen and oxygen atoms in total. The van der Waals surface area contributed by atoms with Crippen LogP contribution in [0.1, 0.15) is 27.5 Å². The van der Waals surface area contributed by atoms with E-state index in [1.54, 1.807) is 12.1 Å². The molecular weight excluding hydrogens is 505 g/mol. The molecule has 5 rings (SSSR count). The number of aliphatic carboxylic acids is 1. The van der Waals surface area contributed by atoms with Gasteiger partial charge < -0.3 is 10.4 Å². The number of pyridine rings is 1. The van der Waals surface area contributed by atoms with Crippen molar-refractivity contribution in [2.24, 2.45) is 0 Å². The van der Waals surface area contributed by atoms with Gasteiger partial charge in [-0.1, -0.05) is 48.5 Å². The molecule has 1 aromatic heterocycles. The van der Waals surface area contributed by atoms with Crippen molar-refractivity contribution in [2.75, 3.05) is 5.75 Å². The fraction of sp³-hybridized carbons (Fsp3) is 0.148. The molecule has 188 valence electrons. The topological polar surface area (TPSA) is 88.4 Å². The van der Waals surface area contributed by atoms with Crippen molar-refractivity contribution in [1.29, 1.82) is 0 Å². The fourth-order valence-corrected chi connectivity index (χ4v) is 5.85. The van der Waals surface area contributed by atoms with E-state index < -0.39 is 35.2 Å². The minimum absolute atomic E-state index is 0.0579. The van der Waals surface area contributed by atoms with Gasteiger partial charge in [0.2, 0.25) is 0 Å². The van der Waals surface area contributed by atoms with Crippen molar-refractivity contribution in [3.8, 4) is 11.1 Å². The first kappa shape index (κ1) is 24.6. The molecule has 0 aliphatic carbocycles. The molecule has 37 heavy (non-hydrogen) atoms. The molecule has 0 unspecified atom stereocenters. The molecule has 2 N–H and O–H groups in total. The number of carbonyl (C=O) groups excluding carboxylic acids is 1. The van der Waals surface area contributed by atoms with Gasteiger partial charge in [0.15, 0.2) is 0 Å². The highest BCUT2D eigenvalue weighted by Gasteiger charge is 2.35. The summed E-state index contributed by atoms with van der Waals surface area (Å²) >= 11 is 1.09. The molecule has 2 heterocycles. The van der Waals surface area contributed by atoms with Crippen molar-refractivity contribution in [1.82, 2.24) is 9.88 Å². The smallest absolute Gasteiger partial charge is 0.416 e. The second kappa shape index (κ2) is 9.44. The highest BCUT2D eigenvalue weighted by atomic mass is 32.2. The number of halogens is 3. The van der Waals surface area contributed by atoms with Gasteiger partial charge in [-0.2, -0.15) is 13.2 Å². The fourth-order valence-electron chi connectivity index (χ4n) is 4.49. The summed E-state index contributed by atoms with van der Waals surface area (Å²) in [5, 5.41) is 14.2. The average Bonchev–Trinajstić information content (AvgIpc) is 3.32. The lowest BCUT2D eigenvalue weighted by molar-refractivity contribution is -0.140. The van der Waals surface area contributed by atoms with E-state index in [0.29, 0.717) is 11.1 Å². The lowest BCUT2D eigenvalue weighted by Gasteiger charge is -2.18. The normalized spacial score (nSPS) is 14.9. The molecule has 1 atom stereocenters. The highest BCUT2D eigenvalue weighted by molar-refractivity contribution is 7.99. The van der Waals surface area contributed by atoms with Gasteiger partial charge >= 0.3 is 12.1 Å². The number of hydrogen-bond donors (Lipinski definition) is 2. The summed E-state index contributed by atoms with van der Waals surface area (Å²) in [5.74, 6) is -1.56. The molecule has 4 aromatic rings. The maximum Gasteiger partial charge on any atom is 0.416 e. The summed E-state index contributed by atoms with van der Waals surface area (Å²) in [6.07, 6.45) is -4.59. The number of alkyl halides is 3. The van der Waals surface area contributed by atoms with Crippen molar-refractivity contribution >= 4 is 34.4 Å². The second-order valence-electron chi connectivity index (χ2n) is 8.51. The van der Waals surface area contributed by atoms with Crippen LogP contribution in [0, 0.1) is 0 Å². The Labute approximate surface area is 212 Å². The van der Waals surface area contributed by atoms with Crippen molar-refractivity contribution < 1.29 is 27.9 Å². The van der Waals surface area contributed by atoms with Gasteiger partial charge in [0.25, 0.3) is 11.5 Å². The van der Waals surface area contributed by atoms with Gasteiger partial charge in [-0.05, 0) is 40.1 Å². The Morgan fingerprint density at radius 3 is 2.51 bits per heavy atom. The largest absolute Gasteiger partial charge is 0.480 e. The molecule has 0 fully saturated rings. The van der Waals surface area contributed by atoms with Crippen LogP contribution in [-0.4, -0.2) is 27.3 Å². The molecule has 0 radical (unpaired) electrons.